The molecule has 2 amide bonds. The standard InChI is InChI=1S/C12H16N2O3S/c15-11(16)10-1-4-14(5-2-10)12(17)13-7-9-3-6-18-8-9/h3,6,8,10H,1-2,4-5,7H2,(H,13,17)(H,15,16). The molecule has 1 aliphatic rings. The third-order valence-corrected chi connectivity index (χ3v) is 3.89. The molecule has 1 aliphatic heterocycles. The Kier molecular flexibility index (Phi) is 4.19. The number of aliphatic carboxylic acids is 1. The predicted molar refractivity (Wildman–Crippen MR) is 68.5 cm³/mol. The number of thiophene rings is 1. The molecule has 1 saturated heterocycles. The van der Waals surface area contributed by atoms with E-state index in [1.807, 2.05) is 16.8 Å². The van der Waals surface area contributed by atoms with E-state index in [0.29, 0.717) is 32.5 Å². The minimum atomic E-state index is -0.756. The van der Waals surface area contributed by atoms with Crippen LogP contribution in [-0.2, 0) is 11.3 Å². The molecule has 2 N–H and O–H groups in total. The van der Waals surface area contributed by atoms with E-state index in [-0.39, 0.29) is 11.9 Å². The summed E-state index contributed by atoms with van der Waals surface area (Å²) in [5, 5.41) is 15.7. The van der Waals surface area contributed by atoms with E-state index in [1.54, 1.807) is 16.2 Å². The van der Waals surface area contributed by atoms with E-state index in [9.17, 15) is 9.59 Å². The fourth-order valence-electron chi connectivity index (χ4n) is 2.01. The fourth-order valence-corrected chi connectivity index (χ4v) is 2.68. The average molecular weight is 268 g/mol. The summed E-state index contributed by atoms with van der Waals surface area (Å²) in [6, 6.07) is 1.87. The van der Waals surface area contributed by atoms with Crippen molar-refractivity contribution in [1.82, 2.24) is 10.2 Å². The second-order valence-corrected chi connectivity index (χ2v) is 5.17. The number of urea groups is 1. The Morgan fingerprint density at radius 1 is 1.44 bits per heavy atom. The zero-order chi connectivity index (χ0) is 13.0. The lowest BCUT2D eigenvalue weighted by Gasteiger charge is -2.30. The van der Waals surface area contributed by atoms with Crippen LogP contribution in [0.15, 0.2) is 16.8 Å². The molecule has 1 aromatic rings. The van der Waals surface area contributed by atoms with Crippen LogP contribution in [0.3, 0.4) is 0 Å². The van der Waals surface area contributed by atoms with Gasteiger partial charge in [0.15, 0.2) is 0 Å². The third-order valence-electron chi connectivity index (χ3n) is 3.16. The van der Waals surface area contributed by atoms with Gasteiger partial charge < -0.3 is 15.3 Å². The first-order valence-corrected chi connectivity index (χ1v) is 6.88. The summed E-state index contributed by atoms with van der Waals surface area (Å²) < 4.78 is 0. The van der Waals surface area contributed by atoms with Crippen molar-refractivity contribution in [3.05, 3.63) is 22.4 Å². The van der Waals surface area contributed by atoms with E-state index in [0.717, 1.165) is 5.56 Å². The molecule has 6 heteroatoms. The van der Waals surface area contributed by atoms with E-state index in [2.05, 4.69) is 5.32 Å². The highest BCUT2D eigenvalue weighted by atomic mass is 32.1. The molecular formula is C12H16N2O3S. The van der Waals surface area contributed by atoms with Crippen LogP contribution in [0.5, 0.6) is 0 Å². The Labute approximate surface area is 109 Å². The number of carboxylic acid groups (broad SMARTS) is 1. The van der Waals surface area contributed by atoms with Crippen molar-refractivity contribution in [3.8, 4) is 0 Å². The van der Waals surface area contributed by atoms with Gasteiger partial charge in [-0.1, -0.05) is 0 Å². The molecule has 1 fully saturated rings. The van der Waals surface area contributed by atoms with Gasteiger partial charge in [0.1, 0.15) is 0 Å². The first-order valence-electron chi connectivity index (χ1n) is 5.93. The summed E-state index contributed by atoms with van der Waals surface area (Å²) in [5.41, 5.74) is 1.09. The summed E-state index contributed by atoms with van der Waals surface area (Å²) >= 11 is 1.60. The molecule has 5 nitrogen and oxygen atoms in total. The number of amides is 2. The van der Waals surface area contributed by atoms with Crippen molar-refractivity contribution < 1.29 is 14.7 Å². The van der Waals surface area contributed by atoms with Gasteiger partial charge in [0.2, 0.25) is 0 Å². The molecule has 0 radical (unpaired) electrons. The number of hydrogen-bond acceptors (Lipinski definition) is 3. The van der Waals surface area contributed by atoms with Crippen LogP contribution in [0, 0.1) is 5.92 Å². The maximum absolute atomic E-state index is 11.8. The molecule has 0 aromatic carbocycles. The average Bonchev–Trinajstić information content (AvgIpc) is 2.89. The lowest BCUT2D eigenvalue weighted by atomic mass is 9.97. The second-order valence-electron chi connectivity index (χ2n) is 4.39. The summed E-state index contributed by atoms with van der Waals surface area (Å²) in [5.74, 6) is -1.06. The molecule has 0 unspecified atom stereocenters. The number of nitrogens with zero attached hydrogens (tertiary/aromatic N) is 1. The number of likely N-dealkylation sites (tertiary alicyclic amines) is 1. The van der Waals surface area contributed by atoms with Gasteiger partial charge in [-0.25, -0.2) is 4.79 Å². The SMILES string of the molecule is O=C(O)C1CCN(C(=O)NCc2ccsc2)CC1. The highest BCUT2D eigenvalue weighted by Gasteiger charge is 2.26. The van der Waals surface area contributed by atoms with Gasteiger partial charge in [-0.2, -0.15) is 11.3 Å². The van der Waals surface area contributed by atoms with E-state index in [1.165, 1.54) is 0 Å². The van der Waals surface area contributed by atoms with Crippen molar-refractivity contribution in [3.63, 3.8) is 0 Å². The van der Waals surface area contributed by atoms with E-state index in [4.69, 9.17) is 5.11 Å². The number of hydrogen-bond donors (Lipinski definition) is 2. The number of carboxylic acids is 1. The van der Waals surface area contributed by atoms with Gasteiger partial charge in [0.25, 0.3) is 0 Å². The van der Waals surface area contributed by atoms with Crippen LogP contribution in [0.2, 0.25) is 0 Å². The Bertz CT molecular complexity index is 411. The van der Waals surface area contributed by atoms with Crippen LogP contribution in [-0.4, -0.2) is 35.1 Å². The lowest BCUT2D eigenvalue weighted by Crippen LogP contribution is -2.45. The van der Waals surface area contributed by atoms with Crippen LogP contribution in [0.4, 0.5) is 4.79 Å². The summed E-state index contributed by atoms with van der Waals surface area (Å²) in [7, 11) is 0. The highest BCUT2D eigenvalue weighted by Crippen LogP contribution is 2.17. The smallest absolute Gasteiger partial charge is 0.317 e. The second kappa shape index (κ2) is 5.86. The predicted octanol–water partition coefficient (Wildman–Crippen LogP) is 1.75. The molecule has 98 valence electrons. The monoisotopic (exact) mass is 268 g/mol. The van der Waals surface area contributed by atoms with Gasteiger partial charge in [-0.05, 0) is 35.2 Å². The van der Waals surface area contributed by atoms with E-state index < -0.39 is 5.97 Å². The van der Waals surface area contributed by atoms with Crippen molar-refractivity contribution in [2.75, 3.05) is 13.1 Å². The molecule has 0 saturated carbocycles. The fraction of sp³-hybridized carbons (Fsp3) is 0.500. The van der Waals surface area contributed by atoms with Gasteiger partial charge in [-0.15, -0.1) is 0 Å². The summed E-state index contributed by atoms with van der Waals surface area (Å²) in [6.45, 7) is 1.57. The molecule has 0 bridgehead atoms. The number of carbonyl (C=O) groups excluding carboxylic acids is 1. The normalized spacial score (nSPS) is 16.6. The topological polar surface area (TPSA) is 69.6 Å². The quantitative estimate of drug-likeness (QED) is 0.877. The lowest BCUT2D eigenvalue weighted by molar-refractivity contribution is -0.143. The first kappa shape index (κ1) is 12.9. The van der Waals surface area contributed by atoms with Crippen molar-refractivity contribution in [1.29, 1.82) is 0 Å². The van der Waals surface area contributed by atoms with Crippen LogP contribution in [0.1, 0.15) is 18.4 Å². The van der Waals surface area contributed by atoms with Gasteiger partial charge >= 0.3 is 12.0 Å². The molecule has 2 rings (SSSR count). The first-order chi connectivity index (χ1) is 8.66. The molecule has 0 spiro atoms. The number of nitrogens with one attached hydrogen (secondary N) is 1. The van der Waals surface area contributed by atoms with Crippen LogP contribution >= 0.6 is 11.3 Å². The van der Waals surface area contributed by atoms with Crippen LogP contribution < -0.4 is 5.32 Å². The largest absolute Gasteiger partial charge is 0.481 e. The van der Waals surface area contributed by atoms with Crippen molar-refractivity contribution >= 4 is 23.3 Å². The Hall–Kier alpha value is -1.56. The van der Waals surface area contributed by atoms with Crippen molar-refractivity contribution in [2.24, 2.45) is 5.92 Å². The minimum Gasteiger partial charge on any atom is -0.481 e. The molecule has 0 aliphatic carbocycles. The molecular weight excluding hydrogens is 252 g/mol. The summed E-state index contributed by atoms with van der Waals surface area (Å²) in [4.78, 5) is 24.3. The third kappa shape index (κ3) is 3.22. The maximum atomic E-state index is 11.8. The summed E-state index contributed by atoms with van der Waals surface area (Å²) in [6.07, 6.45) is 1.09. The number of piperidine rings is 1. The number of rotatable bonds is 3. The molecule has 1 aromatic heterocycles. The number of carbonyl (C=O) groups is 2. The van der Waals surface area contributed by atoms with Crippen molar-refractivity contribution in [2.45, 2.75) is 19.4 Å². The van der Waals surface area contributed by atoms with Gasteiger partial charge in [0, 0.05) is 19.6 Å². The van der Waals surface area contributed by atoms with Gasteiger partial charge in [-0.3, -0.25) is 4.79 Å². The highest BCUT2D eigenvalue weighted by molar-refractivity contribution is 7.07. The van der Waals surface area contributed by atoms with E-state index >= 15 is 0 Å². The Morgan fingerprint density at radius 3 is 2.72 bits per heavy atom. The Balaban J connectivity index is 1.75. The zero-order valence-corrected chi connectivity index (χ0v) is 10.8. The van der Waals surface area contributed by atoms with Crippen LogP contribution in [0.25, 0.3) is 0 Å². The molecule has 2 heterocycles. The molecule has 0 atom stereocenters. The van der Waals surface area contributed by atoms with Gasteiger partial charge in [0.05, 0.1) is 5.92 Å². The minimum absolute atomic E-state index is 0.106. The Morgan fingerprint density at radius 2 is 2.17 bits per heavy atom. The molecule has 18 heavy (non-hydrogen) atoms. The maximum Gasteiger partial charge on any atom is 0.317 e. The zero-order valence-electron chi connectivity index (χ0n) is 9.96.